The van der Waals surface area contributed by atoms with Crippen molar-refractivity contribution in [2.45, 2.75) is 32.1 Å². The van der Waals surface area contributed by atoms with E-state index in [9.17, 15) is 5.11 Å². The number of ether oxygens (including phenoxy) is 1. The van der Waals surface area contributed by atoms with Crippen LogP contribution in [0.15, 0.2) is 29.8 Å². The van der Waals surface area contributed by atoms with Crippen LogP contribution in [0.4, 0.5) is 0 Å². The zero-order valence-corrected chi connectivity index (χ0v) is 12.0. The molecule has 1 aromatic rings. The largest absolute Gasteiger partial charge is 0.508 e. The van der Waals surface area contributed by atoms with Crippen molar-refractivity contribution in [1.29, 1.82) is 0 Å². The first-order valence-corrected chi connectivity index (χ1v) is 7.82. The molecule has 0 heterocycles. The third kappa shape index (κ3) is 1.85. The summed E-state index contributed by atoms with van der Waals surface area (Å²) in [6.07, 6.45) is 6.95. The molecular weight excluding hydrogens is 248 g/mol. The Labute approximate surface area is 120 Å². The number of phenolic OH excluding ortho intramolecular Hbond substituents is 1. The van der Waals surface area contributed by atoms with Crippen molar-refractivity contribution in [3.63, 3.8) is 0 Å². The molecule has 0 amide bonds. The van der Waals surface area contributed by atoms with Gasteiger partial charge in [0.2, 0.25) is 0 Å². The van der Waals surface area contributed by atoms with Crippen molar-refractivity contribution < 1.29 is 9.84 Å². The van der Waals surface area contributed by atoms with Gasteiger partial charge < -0.3 is 9.84 Å². The maximum atomic E-state index is 9.47. The lowest BCUT2D eigenvalue weighted by Gasteiger charge is -2.51. The Balaban J connectivity index is 1.77. The summed E-state index contributed by atoms with van der Waals surface area (Å²) >= 11 is 0. The Hall–Kier alpha value is -1.44. The highest BCUT2D eigenvalue weighted by molar-refractivity contribution is 5.65. The molecule has 0 aliphatic heterocycles. The van der Waals surface area contributed by atoms with E-state index in [1.807, 2.05) is 12.1 Å². The van der Waals surface area contributed by atoms with Gasteiger partial charge in [-0.3, -0.25) is 0 Å². The summed E-state index contributed by atoms with van der Waals surface area (Å²) in [7, 11) is 1.79. The van der Waals surface area contributed by atoms with Crippen molar-refractivity contribution in [1.82, 2.24) is 0 Å². The summed E-state index contributed by atoms with van der Waals surface area (Å²) in [5, 5.41) is 9.47. The molecule has 2 nitrogen and oxygen atoms in total. The predicted octanol–water partition coefficient (Wildman–Crippen LogP) is 4.21. The molecule has 4 saturated carbocycles. The Kier molecular flexibility index (Phi) is 2.80. The molecule has 0 unspecified atom stereocenters. The number of allylic oxidation sites excluding steroid dienone is 1. The molecule has 1 aromatic carbocycles. The van der Waals surface area contributed by atoms with E-state index in [0.29, 0.717) is 5.75 Å². The minimum absolute atomic E-state index is 0.319. The minimum atomic E-state index is 0.319. The molecule has 4 fully saturated rings. The first-order chi connectivity index (χ1) is 9.74. The SMILES string of the molecule is COC(=C1C2CC3CC(C2)CC1C3)c1ccc(O)cc1. The summed E-state index contributed by atoms with van der Waals surface area (Å²) in [5.41, 5.74) is 2.69. The second-order valence-corrected chi connectivity index (χ2v) is 6.84. The van der Waals surface area contributed by atoms with Gasteiger partial charge in [-0.1, -0.05) is 0 Å². The number of phenols is 1. The summed E-state index contributed by atoms with van der Waals surface area (Å²) in [6, 6.07) is 7.47. The van der Waals surface area contributed by atoms with Gasteiger partial charge in [0.25, 0.3) is 0 Å². The molecule has 2 heteroatoms. The molecule has 20 heavy (non-hydrogen) atoms. The predicted molar refractivity (Wildman–Crippen MR) is 79.1 cm³/mol. The molecule has 4 aliphatic rings. The van der Waals surface area contributed by atoms with E-state index in [-0.39, 0.29) is 0 Å². The zero-order chi connectivity index (χ0) is 13.7. The highest BCUT2D eigenvalue weighted by Crippen LogP contribution is 2.57. The average Bonchev–Trinajstić information content (AvgIpc) is 2.43. The molecule has 0 saturated heterocycles. The molecule has 5 rings (SSSR count). The Bertz CT molecular complexity index is 511. The van der Waals surface area contributed by atoms with Crippen LogP contribution in [-0.4, -0.2) is 12.2 Å². The smallest absolute Gasteiger partial charge is 0.125 e. The maximum Gasteiger partial charge on any atom is 0.125 e. The van der Waals surface area contributed by atoms with Crippen LogP contribution in [0.3, 0.4) is 0 Å². The van der Waals surface area contributed by atoms with Crippen LogP contribution in [0.1, 0.15) is 37.7 Å². The molecule has 4 aliphatic carbocycles. The number of hydrogen-bond donors (Lipinski definition) is 1. The summed E-state index contributed by atoms with van der Waals surface area (Å²) in [6.45, 7) is 0. The van der Waals surface area contributed by atoms with E-state index < -0.39 is 0 Å². The monoisotopic (exact) mass is 270 g/mol. The summed E-state index contributed by atoms with van der Waals surface area (Å²) in [5.74, 6) is 4.83. The number of methoxy groups -OCH3 is 1. The average molecular weight is 270 g/mol. The molecule has 0 atom stereocenters. The zero-order valence-electron chi connectivity index (χ0n) is 12.0. The van der Waals surface area contributed by atoms with E-state index in [4.69, 9.17) is 4.74 Å². The number of rotatable bonds is 2. The quantitative estimate of drug-likeness (QED) is 0.816. The van der Waals surface area contributed by atoms with E-state index in [2.05, 4.69) is 0 Å². The van der Waals surface area contributed by atoms with Gasteiger partial charge in [0.15, 0.2) is 0 Å². The van der Waals surface area contributed by atoms with Gasteiger partial charge in [0.05, 0.1) is 7.11 Å². The second-order valence-electron chi connectivity index (χ2n) is 6.84. The molecule has 1 N–H and O–H groups in total. The lowest BCUT2D eigenvalue weighted by molar-refractivity contribution is 0.0675. The maximum absolute atomic E-state index is 9.47. The highest BCUT2D eigenvalue weighted by atomic mass is 16.5. The number of benzene rings is 1. The fourth-order valence-electron chi connectivity index (χ4n) is 5.08. The molecule has 0 aromatic heterocycles. The fourth-order valence-corrected chi connectivity index (χ4v) is 5.08. The van der Waals surface area contributed by atoms with Crippen LogP contribution in [0.2, 0.25) is 0 Å². The highest BCUT2D eigenvalue weighted by Gasteiger charge is 2.46. The van der Waals surface area contributed by atoms with E-state index in [0.717, 1.165) is 35.0 Å². The van der Waals surface area contributed by atoms with E-state index in [1.54, 1.807) is 24.8 Å². The van der Waals surface area contributed by atoms with E-state index in [1.165, 1.54) is 32.1 Å². The van der Waals surface area contributed by atoms with Crippen LogP contribution in [0.5, 0.6) is 5.75 Å². The van der Waals surface area contributed by atoms with Crippen LogP contribution in [0, 0.1) is 23.7 Å². The first-order valence-electron chi connectivity index (χ1n) is 7.82. The van der Waals surface area contributed by atoms with Gasteiger partial charge in [-0.15, -0.1) is 0 Å². The van der Waals surface area contributed by atoms with Gasteiger partial charge in [-0.25, -0.2) is 0 Å². The molecule has 106 valence electrons. The second kappa shape index (κ2) is 4.54. The Morgan fingerprint density at radius 3 is 2.00 bits per heavy atom. The van der Waals surface area contributed by atoms with Crippen molar-refractivity contribution in [2.24, 2.45) is 23.7 Å². The minimum Gasteiger partial charge on any atom is -0.508 e. The topological polar surface area (TPSA) is 29.5 Å². The Morgan fingerprint density at radius 1 is 0.950 bits per heavy atom. The van der Waals surface area contributed by atoms with Crippen LogP contribution in [-0.2, 0) is 4.74 Å². The van der Waals surface area contributed by atoms with Gasteiger partial charge in [-0.2, -0.15) is 0 Å². The summed E-state index contributed by atoms with van der Waals surface area (Å²) < 4.78 is 5.80. The lowest BCUT2D eigenvalue weighted by atomic mass is 9.54. The molecular formula is C18H22O2. The van der Waals surface area contributed by atoms with Crippen molar-refractivity contribution in [2.75, 3.05) is 7.11 Å². The van der Waals surface area contributed by atoms with Gasteiger partial charge in [0, 0.05) is 5.56 Å². The standard InChI is InChI=1S/C18H22O2/c1-20-18(13-2-4-16(19)5-3-13)17-14-7-11-6-12(9-14)10-15(17)8-11/h2-5,11-12,14-15,19H,6-10H2,1H3. The third-order valence-electron chi connectivity index (χ3n) is 5.61. The van der Waals surface area contributed by atoms with Crippen LogP contribution >= 0.6 is 0 Å². The number of aromatic hydroxyl groups is 1. The summed E-state index contributed by atoms with van der Waals surface area (Å²) in [4.78, 5) is 0. The number of hydrogen-bond acceptors (Lipinski definition) is 2. The Morgan fingerprint density at radius 2 is 1.50 bits per heavy atom. The molecule has 0 radical (unpaired) electrons. The van der Waals surface area contributed by atoms with Crippen LogP contribution < -0.4 is 0 Å². The van der Waals surface area contributed by atoms with Gasteiger partial charge in [0.1, 0.15) is 11.5 Å². The van der Waals surface area contributed by atoms with Crippen molar-refractivity contribution in [3.8, 4) is 5.75 Å². The normalized spacial score (nSPS) is 34.4. The van der Waals surface area contributed by atoms with Crippen molar-refractivity contribution >= 4 is 5.76 Å². The van der Waals surface area contributed by atoms with Crippen LogP contribution in [0.25, 0.3) is 5.76 Å². The van der Waals surface area contributed by atoms with Gasteiger partial charge in [-0.05, 0) is 85.6 Å². The van der Waals surface area contributed by atoms with Gasteiger partial charge >= 0.3 is 0 Å². The van der Waals surface area contributed by atoms with E-state index >= 15 is 0 Å². The van der Waals surface area contributed by atoms with Crippen molar-refractivity contribution in [3.05, 3.63) is 35.4 Å². The molecule has 0 spiro atoms. The molecule has 4 bridgehead atoms. The first kappa shape index (κ1) is 12.3. The lowest BCUT2D eigenvalue weighted by Crippen LogP contribution is -2.40. The fraction of sp³-hybridized carbons (Fsp3) is 0.556. The third-order valence-corrected chi connectivity index (χ3v) is 5.61.